The molecule has 0 saturated heterocycles. The van der Waals surface area contributed by atoms with Gasteiger partial charge in [-0.3, -0.25) is 4.79 Å². The lowest BCUT2D eigenvalue weighted by Crippen LogP contribution is -2.30. The SMILES string of the molecule is CC1C(C)[C@H]2C[C@@H]1C[C@@H]2c1cccc2ccccc12.COC(=O)C1C[C@H]2C[C@@H]1C(C)C2C. The summed E-state index contributed by atoms with van der Waals surface area (Å²) >= 11 is 0. The molecule has 0 spiro atoms. The molecule has 2 nitrogen and oxygen atoms in total. The Morgan fingerprint density at radius 3 is 2.00 bits per heavy atom. The van der Waals surface area contributed by atoms with Crippen LogP contribution in [0.5, 0.6) is 0 Å². The number of hydrogen-bond acceptors (Lipinski definition) is 2. The van der Waals surface area contributed by atoms with Gasteiger partial charge in [-0.25, -0.2) is 0 Å². The number of methoxy groups -OCH3 is 1. The van der Waals surface area contributed by atoms with E-state index >= 15 is 0 Å². The van der Waals surface area contributed by atoms with E-state index in [2.05, 4.69) is 70.2 Å². The molecule has 10 atom stereocenters. The predicted octanol–water partition coefficient (Wildman–Crippen LogP) is 7.32. The quantitative estimate of drug-likeness (QED) is 0.465. The van der Waals surface area contributed by atoms with Crippen LogP contribution in [0.4, 0.5) is 0 Å². The lowest BCUT2D eigenvalue weighted by Gasteiger charge is -2.32. The highest BCUT2D eigenvalue weighted by molar-refractivity contribution is 5.86. The molecule has 6 rings (SSSR count). The molecule has 0 amide bonds. The van der Waals surface area contributed by atoms with Crippen molar-refractivity contribution in [1.29, 1.82) is 0 Å². The second-order valence-corrected chi connectivity index (χ2v) is 11.5. The molecule has 32 heavy (non-hydrogen) atoms. The first-order valence-electron chi connectivity index (χ1n) is 13.0. The van der Waals surface area contributed by atoms with Crippen LogP contribution in [0.15, 0.2) is 42.5 Å². The minimum Gasteiger partial charge on any atom is -0.469 e. The van der Waals surface area contributed by atoms with Crippen LogP contribution in [-0.2, 0) is 9.53 Å². The van der Waals surface area contributed by atoms with Gasteiger partial charge in [-0.2, -0.15) is 0 Å². The molecule has 2 aromatic carbocycles. The Morgan fingerprint density at radius 2 is 1.38 bits per heavy atom. The van der Waals surface area contributed by atoms with E-state index in [1.807, 2.05) is 0 Å². The molecule has 0 N–H and O–H groups in total. The van der Waals surface area contributed by atoms with E-state index in [1.165, 1.54) is 37.1 Å². The van der Waals surface area contributed by atoms with Crippen molar-refractivity contribution < 1.29 is 9.53 Å². The topological polar surface area (TPSA) is 26.3 Å². The molecule has 0 radical (unpaired) electrons. The van der Waals surface area contributed by atoms with Crippen molar-refractivity contribution in [3.05, 3.63) is 48.0 Å². The Hall–Kier alpha value is -1.83. The molecule has 4 aliphatic rings. The summed E-state index contributed by atoms with van der Waals surface area (Å²) in [5.74, 6) is 7.69. The standard InChI is InChI=1S/C19H22.C11H18O2/c1-12-13(2)18-10-15(12)11-19(18)17-9-5-7-14-6-3-4-8-16(14)17;1-6-7(2)9-4-8(6)5-10(9)11(12)13-3/h3-9,12-13,15,18-19H,10-11H2,1-2H3;6-10H,4-5H2,1-3H3/t12?,13?,15-,18-,19-;6?,7?,8-,9-,10?/m11/s1. The number of fused-ring (bicyclic) bond motifs is 5. The fraction of sp³-hybridized carbons (Fsp3) is 0.633. The van der Waals surface area contributed by atoms with Crippen LogP contribution in [0.2, 0.25) is 0 Å². The Bertz CT molecular complexity index is 970. The molecule has 2 heteroatoms. The third-order valence-electron chi connectivity index (χ3n) is 10.5. The van der Waals surface area contributed by atoms with Gasteiger partial charge in [0.2, 0.25) is 0 Å². The van der Waals surface area contributed by atoms with E-state index in [4.69, 9.17) is 4.74 Å². The summed E-state index contributed by atoms with van der Waals surface area (Å²) < 4.78 is 4.83. The van der Waals surface area contributed by atoms with Gasteiger partial charge in [0.25, 0.3) is 0 Å². The van der Waals surface area contributed by atoms with Gasteiger partial charge in [-0.15, -0.1) is 0 Å². The van der Waals surface area contributed by atoms with Gasteiger partial charge in [0.05, 0.1) is 13.0 Å². The summed E-state index contributed by atoms with van der Waals surface area (Å²) in [6, 6.07) is 15.8. The molecule has 4 saturated carbocycles. The molecule has 5 unspecified atom stereocenters. The van der Waals surface area contributed by atoms with Gasteiger partial charge in [-0.1, -0.05) is 70.2 Å². The average molecular weight is 433 g/mol. The van der Waals surface area contributed by atoms with Crippen LogP contribution in [0.3, 0.4) is 0 Å². The number of rotatable bonds is 2. The molecule has 2 aromatic rings. The maximum atomic E-state index is 11.4. The van der Waals surface area contributed by atoms with Gasteiger partial charge >= 0.3 is 5.97 Å². The molecule has 4 bridgehead atoms. The molecular formula is C30H40O2. The van der Waals surface area contributed by atoms with Gasteiger partial charge in [-0.05, 0) is 95.3 Å². The first kappa shape index (κ1) is 22.0. The van der Waals surface area contributed by atoms with Crippen molar-refractivity contribution >= 4 is 16.7 Å². The first-order valence-corrected chi connectivity index (χ1v) is 13.0. The van der Waals surface area contributed by atoms with Crippen LogP contribution < -0.4 is 0 Å². The highest BCUT2D eigenvalue weighted by Crippen LogP contribution is 2.59. The monoisotopic (exact) mass is 432 g/mol. The number of carbonyl (C=O) groups excluding carboxylic acids is 1. The average Bonchev–Trinajstić information content (AvgIpc) is 3.57. The van der Waals surface area contributed by atoms with Crippen LogP contribution in [0, 0.1) is 53.3 Å². The smallest absolute Gasteiger partial charge is 0.308 e. The van der Waals surface area contributed by atoms with Crippen molar-refractivity contribution in [3.8, 4) is 0 Å². The second kappa shape index (κ2) is 8.50. The Balaban J connectivity index is 0.000000146. The summed E-state index contributed by atoms with van der Waals surface area (Å²) in [4.78, 5) is 11.4. The minimum absolute atomic E-state index is 0.0197. The van der Waals surface area contributed by atoms with Crippen molar-refractivity contribution in [2.75, 3.05) is 7.11 Å². The fourth-order valence-electron chi connectivity index (χ4n) is 8.24. The summed E-state index contributed by atoms with van der Waals surface area (Å²) in [5.41, 5.74) is 1.62. The van der Waals surface area contributed by atoms with Crippen LogP contribution in [0.25, 0.3) is 10.8 Å². The van der Waals surface area contributed by atoms with Crippen molar-refractivity contribution in [1.82, 2.24) is 0 Å². The molecular weight excluding hydrogens is 392 g/mol. The van der Waals surface area contributed by atoms with Crippen LogP contribution in [0.1, 0.15) is 64.9 Å². The second-order valence-electron chi connectivity index (χ2n) is 11.5. The number of carbonyl (C=O) groups is 1. The summed E-state index contributed by atoms with van der Waals surface area (Å²) in [6.45, 7) is 9.55. The number of benzene rings is 2. The van der Waals surface area contributed by atoms with E-state index in [1.54, 1.807) is 5.56 Å². The lowest BCUT2D eigenvalue weighted by atomic mass is 9.72. The third kappa shape index (κ3) is 3.49. The molecule has 4 aliphatic carbocycles. The summed E-state index contributed by atoms with van der Waals surface area (Å²) in [6.07, 6.45) is 5.21. The number of ether oxygens (including phenoxy) is 1. The Labute approximate surface area is 194 Å². The highest BCUT2D eigenvalue weighted by Gasteiger charge is 2.51. The maximum Gasteiger partial charge on any atom is 0.308 e. The maximum absolute atomic E-state index is 11.4. The van der Waals surface area contributed by atoms with E-state index in [9.17, 15) is 4.79 Å². The molecule has 4 fully saturated rings. The van der Waals surface area contributed by atoms with Crippen LogP contribution in [-0.4, -0.2) is 13.1 Å². The molecule has 172 valence electrons. The largest absolute Gasteiger partial charge is 0.469 e. The van der Waals surface area contributed by atoms with Gasteiger partial charge in [0.1, 0.15) is 0 Å². The Kier molecular flexibility index (Phi) is 5.84. The molecule has 0 aliphatic heterocycles. The zero-order chi connectivity index (χ0) is 22.6. The van der Waals surface area contributed by atoms with Gasteiger partial charge in [0.15, 0.2) is 0 Å². The Morgan fingerprint density at radius 1 is 0.750 bits per heavy atom. The van der Waals surface area contributed by atoms with Crippen LogP contribution >= 0.6 is 0 Å². The number of esters is 1. The normalized spacial score (nSPS) is 41.5. The zero-order valence-electron chi connectivity index (χ0n) is 20.5. The van der Waals surface area contributed by atoms with Gasteiger partial charge in [0, 0.05) is 0 Å². The van der Waals surface area contributed by atoms with E-state index in [0.29, 0.717) is 11.8 Å². The van der Waals surface area contributed by atoms with Gasteiger partial charge < -0.3 is 4.74 Å². The van der Waals surface area contributed by atoms with Crippen molar-refractivity contribution in [2.24, 2.45) is 53.3 Å². The summed E-state index contributed by atoms with van der Waals surface area (Å²) in [7, 11) is 1.50. The zero-order valence-corrected chi connectivity index (χ0v) is 20.5. The van der Waals surface area contributed by atoms with E-state index < -0.39 is 0 Å². The van der Waals surface area contributed by atoms with E-state index in [-0.39, 0.29) is 11.9 Å². The van der Waals surface area contributed by atoms with Crippen molar-refractivity contribution in [3.63, 3.8) is 0 Å². The molecule has 0 aromatic heterocycles. The van der Waals surface area contributed by atoms with E-state index in [0.717, 1.165) is 47.8 Å². The molecule has 0 heterocycles. The highest BCUT2D eigenvalue weighted by atomic mass is 16.5. The first-order chi connectivity index (χ1) is 15.4. The lowest BCUT2D eigenvalue weighted by molar-refractivity contribution is -0.148. The predicted molar refractivity (Wildman–Crippen MR) is 131 cm³/mol. The summed E-state index contributed by atoms with van der Waals surface area (Å²) in [5, 5.41) is 2.89. The minimum atomic E-state index is 0.0197. The third-order valence-corrected chi connectivity index (χ3v) is 10.5. The van der Waals surface area contributed by atoms with Crippen molar-refractivity contribution in [2.45, 2.75) is 59.3 Å². The number of hydrogen-bond donors (Lipinski definition) is 0. The fourth-order valence-corrected chi connectivity index (χ4v) is 8.24.